The van der Waals surface area contributed by atoms with E-state index in [2.05, 4.69) is 15.9 Å². The summed E-state index contributed by atoms with van der Waals surface area (Å²) in [6.07, 6.45) is 2.07. The largest absolute Gasteiger partial charge is 0.495 e. The molecule has 5 nitrogen and oxygen atoms in total. The monoisotopic (exact) mass is 370 g/mol. The Labute approximate surface area is 139 Å². The van der Waals surface area contributed by atoms with E-state index >= 15 is 0 Å². The van der Waals surface area contributed by atoms with Crippen molar-refractivity contribution in [2.24, 2.45) is 11.7 Å². The number of amides is 1. The minimum absolute atomic E-state index is 0.00514. The van der Waals surface area contributed by atoms with Gasteiger partial charge in [-0.05, 0) is 53.7 Å². The van der Waals surface area contributed by atoms with E-state index < -0.39 is 0 Å². The van der Waals surface area contributed by atoms with Crippen LogP contribution in [0.4, 0.5) is 0 Å². The number of hydrogen-bond donors (Lipinski definition) is 1. The molecule has 1 aliphatic heterocycles. The van der Waals surface area contributed by atoms with Crippen molar-refractivity contribution >= 4 is 21.8 Å². The third kappa shape index (κ3) is 3.55. The van der Waals surface area contributed by atoms with E-state index in [9.17, 15) is 4.79 Å². The number of nitrogens with zero attached hydrogens (tertiary/aromatic N) is 1. The highest BCUT2D eigenvalue weighted by Gasteiger charge is 2.27. The molecular formula is C16H23BrN2O3. The Balaban J connectivity index is 2.25. The number of ether oxygens (including phenoxy) is 2. The van der Waals surface area contributed by atoms with Crippen LogP contribution in [0.3, 0.4) is 0 Å². The molecule has 1 aromatic rings. The Bertz CT molecular complexity index is 523. The quantitative estimate of drug-likeness (QED) is 0.884. The molecule has 2 atom stereocenters. The second-order valence-electron chi connectivity index (χ2n) is 5.71. The highest BCUT2D eigenvalue weighted by atomic mass is 79.9. The van der Waals surface area contributed by atoms with Crippen LogP contribution in [0.1, 0.15) is 30.1 Å². The van der Waals surface area contributed by atoms with E-state index in [1.807, 2.05) is 11.8 Å². The summed E-state index contributed by atoms with van der Waals surface area (Å²) >= 11 is 3.42. The van der Waals surface area contributed by atoms with Gasteiger partial charge in [0, 0.05) is 24.7 Å². The van der Waals surface area contributed by atoms with Crippen molar-refractivity contribution in [3.8, 4) is 11.5 Å². The number of halogens is 1. The van der Waals surface area contributed by atoms with Gasteiger partial charge in [-0.2, -0.15) is 0 Å². The zero-order chi connectivity index (χ0) is 16.3. The number of hydrogen-bond acceptors (Lipinski definition) is 4. The van der Waals surface area contributed by atoms with Crippen LogP contribution < -0.4 is 15.2 Å². The van der Waals surface area contributed by atoms with Gasteiger partial charge in [0.1, 0.15) is 16.0 Å². The molecule has 0 aromatic heterocycles. The van der Waals surface area contributed by atoms with Gasteiger partial charge in [-0.1, -0.05) is 0 Å². The number of methoxy groups -OCH3 is 2. The lowest BCUT2D eigenvalue weighted by atomic mass is 9.92. The van der Waals surface area contributed by atoms with Gasteiger partial charge in [0.05, 0.1) is 14.2 Å². The zero-order valence-corrected chi connectivity index (χ0v) is 14.9. The van der Waals surface area contributed by atoms with Gasteiger partial charge in [0.2, 0.25) is 0 Å². The Morgan fingerprint density at radius 1 is 1.36 bits per heavy atom. The summed E-state index contributed by atoms with van der Waals surface area (Å²) < 4.78 is 11.3. The fourth-order valence-corrected chi connectivity index (χ4v) is 3.35. The van der Waals surface area contributed by atoms with E-state index in [-0.39, 0.29) is 11.9 Å². The smallest absolute Gasteiger partial charge is 0.254 e. The summed E-state index contributed by atoms with van der Waals surface area (Å²) in [5.74, 6) is 1.53. The standard InChI is InChI=1S/C16H23BrN2O3/c1-10(18)11-5-4-6-19(9-11)16(20)12-7-13(21-2)15(17)14(8-12)22-3/h7-8,10-11H,4-6,9,18H2,1-3H3. The molecule has 0 saturated carbocycles. The number of piperidine rings is 1. The van der Waals surface area contributed by atoms with Gasteiger partial charge in [-0.25, -0.2) is 0 Å². The van der Waals surface area contributed by atoms with Crippen molar-refractivity contribution in [1.82, 2.24) is 4.90 Å². The molecule has 2 unspecified atom stereocenters. The normalized spacial score (nSPS) is 19.7. The van der Waals surface area contributed by atoms with Gasteiger partial charge >= 0.3 is 0 Å². The molecule has 1 aliphatic rings. The second kappa shape index (κ2) is 7.33. The highest BCUT2D eigenvalue weighted by Crippen LogP contribution is 2.36. The van der Waals surface area contributed by atoms with E-state index in [0.29, 0.717) is 34.0 Å². The first-order valence-corrected chi connectivity index (χ1v) is 8.23. The predicted octanol–water partition coefficient (Wildman–Crippen LogP) is 2.67. The fraction of sp³-hybridized carbons (Fsp3) is 0.562. The average molecular weight is 371 g/mol. The maximum Gasteiger partial charge on any atom is 0.254 e. The Morgan fingerprint density at radius 2 is 1.95 bits per heavy atom. The first-order valence-electron chi connectivity index (χ1n) is 7.44. The van der Waals surface area contributed by atoms with E-state index in [1.54, 1.807) is 26.4 Å². The van der Waals surface area contributed by atoms with E-state index in [4.69, 9.17) is 15.2 Å². The van der Waals surface area contributed by atoms with Crippen LogP contribution in [0.2, 0.25) is 0 Å². The number of likely N-dealkylation sites (tertiary alicyclic amines) is 1. The van der Waals surface area contributed by atoms with Gasteiger partial charge in [-0.3, -0.25) is 4.79 Å². The topological polar surface area (TPSA) is 64.8 Å². The molecule has 0 aliphatic carbocycles. The molecule has 2 N–H and O–H groups in total. The van der Waals surface area contributed by atoms with Gasteiger partial charge < -0.3 is 20.1 Å². The first-order chi connectivity index (χ1) is 10.5. The summed E-state index contributed by atoms with van der Waals surface area (Å²) in [5, 5.41) is 0. The minimum Gasteiger partial charge on any atom is -0.495 e. The molecule has 1 heterocycles. The molecule has 0 radical (unpaired) electrons. The summed E-state index contributed by atoms with van der Waals surface area (Å²) in [6, 6.07) is 3.58. The predicted molar refractivity (Wildman–Crippen MR) is 89.5 cm³/mol. The molecular weight excluding hydrogens is 348 g/mol. The third-order valence-corrected chi connectivity index (χ3v) is 4.96. The average Bonchev–Trinajstić information content (AvgIpc) is 2.54. The second-order valence-corrected chi connectivity index (χ2v) is 6.50. The lowest BCUT2D eigenvalue weighted by Crippen LogP contribution is -2.45. The van der Waals surface area contributed by atoms with Gasteiger partial charge in [0.25, 0.3) is 5.91 Å². The lowest BCUT2D eigenvalue weighted by molar-refractivity contribution is 0.0660. The molecule has 1 saturated heterocycles. The number of carbonyl (C=O) groups is 1. The van der Waals surface area contributed by atoms with Crippen LogP contribution in [0, 0.1) is 5.92 Å². The molecule has 1 fully saturated rings. The molecule has 0 spiro atoms. The SMILES string of the molecule is COc1cc(C(=O)N2CCCC(C(C)N)C2)cc(OC)c1Br. The molecule has 22 heavy (non-hydrogen) atoms. The van der Waals surface area contributed by atoms with Crippen LogP contribution in [-0.2, 0) is 0 Å². The maximum absolute atomic E-state index is 12.8. The molecule has 0 bridgehead atoms. The Kier molecular flexibility index (Phi) is 5.69. The van der Waals surface area contributed by atoms with Crippen molar-refractivity contribution in [3.05, 3.63) is 22.2 Å². The summed E-state index contributed by atoms with van der Waals surface area (Å²) in [4.78, 5) is 14.6. The van der Waals surface area contributed by atoms with Crippen molar-refractivity contribution < 1.29 is 14.3 Å². The molecule has 1 aromatic carbocycles. The molecule has 1 amide bonds. The van der Waals surface area contributed by atoms with Crippen molar-refractivity contribution in [3.63, 3.8) is 0 Å². The van der Waals surface area contributed by atoms with Crippen LogP contribution in [0.25, 0.3) is 0 Å². The lowest BCUT2D eigenvalue weighted by Gasteiger charge is -2.34. The van der Waals surface area contributed by atoms with Crippen LogP contribution >= 0.6 is 15.9 Å². The van der Waals surface area contributed by atoms with E-state index in [1.165, 1.54) is 0 Å². The maximum atomic E-state index is 12.8. The number of carbonyl (C=O) groups excluding carboxylic acids is 1. The van der Waals surface area contributed by atoms with E-state index in [0.717, 1.165) is 19.4 Å². The van der Waals surface area contributed by atoms with Crippen molar-refractivity contribution in [1.29, 1.82) is 0 Å². The van der Waals surface area contributed by atoms with Crippen molar-refractivity contribution in [2.45, 2.75) is 25.8 Å². The number of benzene rings is 1. The summed E-state index contributed by atoms with van der Waals surface area (Å²) in [7, 11) is 3.14. The van der Waals surface area contributed by atoms with Crippen LogP contribution in [0.15, 0.2) is 16.6 Å². The van der Waals surface area contributed by atoms with Gasteiger partial charge in [0.15, 0.2) is 0 Å². The fourth-order valence-electron chi connectivity index (χ4n) is 2.80. The summed E-state index contributed by atoms with van der Waals surface area (Å²) in [6.45, 7) is 3.48. The molecule has 122 valence electrons. The highest BCUT2D eigenvalue weighted by molar-refractivity contribution is 9.10. The Hall–Kier alpha value is -1.27. The van der Waals surface area contributed by atoms with Gasteiger partial charge in [-0.15, -0.1) is 0 Å². The first kappa shape index (κ1) is 17.1. The molecule has 2 rings (SSSR count). The minimum atomic E-state index is -0.00514. The third-order valence-electron chi connectivity index (χ3n) is 4.18. The van der Waals surface area contributed by atoms with Crippen molar-refractivity contribution in [2.75, 3.05) is 27.3 Å². The summed E-state index contributed by atoms with van der Waals surface area (Å²) in [5.41, 5.74) is 6.57. The number of rotatable bonds is 4. The zero-order valence-electron chi connectivity index (χ0n) is 13.3. The Morgan fingerprint density at radius 3 is 2.45 bits per heavy atom. The van der Waals surface area contributed by atoms with Crippen LogP contribution in [0.5, 0.6) is 11.5 Å². The molecule has 6 heteroatoms. The number of nitrogens with two attached hydrogens (primary N) is 1. The van der Waals surface area contributed by atoms with Crippen LogP contribution in [-0.4, -0.2) is 44.2 Å².